The maximum Gasteiger partial charge on any atom is 0.243 e. The van der Waals surface area contributed by atoms with Gasteiger partial charge in [-0.25, -0.2) is 5.90 Å². The van der Waals surface area contributed by atoms with Crippen LogP contribution in [0.25, 0.3) is 0 Å². The van der Waals surface area contributed by atoms with Gasteiger partial charge >= 0.3 is 0 Å². The highest BCUT2D eigenvalue weighted by Crippen LogP contribution is 1.78. The largest absolute Gasteiger partial charge is 0.377 e. The number of nitrogens with two attached hydrogens (primary N) is 2. The van der Waals surface area contributed by atoms with Gasteiger partial charge in [-0.15, -0.1) is 0 Å². The van der Waals surface area contributed by atoms with E-state index in [0.29, 0.717) is 26.4 Å². The lowest BCUT2D eigenvalue weighted by molar-refractivity contribution is -0.123. The molecule has 6 heteroatoms. The molecule has 0 radical (unpaired) electrons. The Hall–Kier alpha value is -0.690. The molecular weight excluding hydrogens is 164 g/mol. The third kappa shape index (κ3) is 9.31. The van der Waals surface area contributed by atoms with Gasteiger partial charge < -0.3 is 20.0 Å². The minimum absolute atomic E-state index is 0.0727. The quantitative estimate of drug-likeness (QED) is 0.344. The van der Waals surface area contributed by atoms with E-state index in [0.717, 1.165) is 0 Å². The van der Waals surface area contributed by atoms with Gasteiger partial charge in [-0.05, 0) is 0 Å². The normalized spacial score (nSPS) is 10.1. The van der Waals surface area contributed by atoms with Crippen LogP contribution in [-0.4, -0.2) is 38.9 Å². The monoisotopic (exact) mass is 178 g/mol. The highest BCUT2D eigenvalue weighted by atomic mass is 16.6. The van der Waals surface area contributed by atoms with Gasteiger partial charge in [0.15, 0.2) is 0 Å². The zero-order chi connectivity index (χ0) is 9.23. The molecule has 0 fully saturated rings. The summed E-state index contributed by atoms with van der Waals surface area (Å²) in [6, 6.07) is 0. The van der Waals surface area contributed by atoms with E-state index in [1.165, 1.54) is 0 Å². The Morgan fingerprint density at radius 2 is 1.67 bits per heavy atom. The number of rotatable bonds is 8. The third-order valence-corrected chi connectivity index (χ3v) is 0.962. The molecule has 0 atom stereocenters. The van der Waals surface area contributed by atoms with Crippen molar-refractivity contribution in [3.05, 3.63) is 0 Å². The minimum Gasteiger partial charge on any atom is -0.377 e. The van der Waals surface area contributed by atoms with Gasteiger partial charge in [-0.2, -0.15) is 0 Å². The first-order valence-electron chi connectivity index (χ1n) is 3.53. The summed E-state index contributed by atoms with van der Waals surface area (Å²) in [5.41, 5.74) is 4.81. The molecule has 4 N–H and O–H groups in total. The SMILES string of the molecule is NOCCOCCOCC(N)=O. The fourth-order valence-corrected chi connectivity index (χ4v) is 0.500. The zero-order valence-electron chi connectivity index (χ0n) is 6.82. The molecule has 0 aromatic heterocycles. The van der Waals surface area contributed by atoms with E-state index in [2.05, 4.69) is 4.84 Å². The Morgan fingerprint density at radius 3 is 2.25 bits per heavy atom. The molecule has 72 valence electrons. The average Bonchev–Trinajstić information content (AvgIpc) is 2.02. The van der Waals surface area contributed by atoms with Crippen molar-refractivity contribution in [2.45, 2.75) is 0 Å². The standard InChI is InChI=1S/C6H14N2O4/c7-6(9)5-11-2-1-10-3-4-12-8/h1-5,8H2,(H2,7,9). The molecule has 0 aromatic carbocycles. The van der Waals surface area contributed by atoms with Crippen LogP contribution in [0.1, 0.15) is 0 Å². The van der Waals surface area contributed by atoms with Crippen molar-refractivity contribution in [2.75, 3.05) is 33.0 Å². The van der Waals surface area contributed by atoms with Gasteiger partial charge in [-0.3, -0.25) is 4.79 Å². The van der Waals surface area contributed by atoms with Gasteiger partial charge in [0.2, 0.25) is 5.91 Å². The van der Waals surface area contributed by atoms with E-state index in [1.54, 1.807) is 0 Å². The second-order valence-electron chi connectivity index (χ2n) is 2.00. The van der Waals surface area contributed by atoms with Crippen LogP contribution in [0.4, 0.5) is 0 Å². The fourth-order valence-electron chi connectivity index (χ4n) is 0.500. The maximum atomic E-state index is 10.2. The molecule has 0 aliphatic carbocycles. The molecule has 0 unspecified atom stereocenters. The second kappa shape index (κ2) is 8.41. The smallest absolute Gasteiger partial charge is 0.243 e. The molecule has 12 heavy (non-hydrogen) atoms. The van der Waals surface area contributed by atoms with Crippen molar-refractivity contribution in [3.63, 3.8) is 0 Å². The topological polar surface area (TPSA) is 96.8 Å². The van der Waals surface area contributed by atoms with Crippen LogP contribution in [0.3, 0.4) is 0 Å². The van der Waals surface area contributed by atoms with Crippen LogP contribution >= 0.6 is 0 Å². The predicted molar refractivity (Wildman–Crippen MR) is 41.0 cm³/mol. The summed E-state index contributed by atoms with van der Waals surface area (Å²) in [7, 11) is 0. The summed E-state index contributed by atoms with van der Waals surface area (Å²) < 4.78 is 9.78. The van der Waals surface area contributed by atoms with E-state index in [-0.39, 0.29) is 6.61 Å². The fraction of sp³-hybridized carbons (Fsp3) is 0.833. The molecule has 0 aliphatic rings. The number of amides is 1. The maximum absolute atomic E-state index is 10.2. The Labute approximate surface area is 70.7 Å². The molecule has 0 rings (SSSR count). The van der Waals surface area contributed by atoms with Crippen molar-refractivity contribution < 1.29 is 19.1 Å². The van der Waals surface area contributed by atoms with Crippen LogP contribution in [0.15, 0.2) is 0 Å². The molecule has 0 bridgehead atoms. The highest BCUT2D eigenvalue weighted by molar-refractivity contribution is 5.74. The summed E-state index contributed by atoms with van der Waals surface area (Å²) in [5.74, 6) is 4.25. The summed E-state index contributed by atoms with van der Waals surface area (Å²) in [6.45, 7) is 1.42. The Morgan fingerprint density at radius 1 is 1.08 bits per heavy atom. The van der Waals surface area contributed by atoms with Gasteiger partial charge in [0.1, 0.15) is 6.61 Å². The lowest BCUT2D eigenvalue weighted by Gasteiger charge is -2.02. The first-order valence-corrected chi connectivity index (χ1v) is 3.53. The Balaban J connectivity index is 2.86. The highest BCUT2D eigenvalue weighted by Gasteiger charge is 1.93. The van der Waals surface area contributed by atoms with Gasteiger partial charge in [0, 0.05) is 0 Å². The molecule has 0 aromatic rings. The van der Waals surface area contributed by atoms with Crippen LogP contribution in [-0.2, 0) is 19.1 Å². The van der Waals surface area contributed by atoms with Crippen molar-refractivity contribution in [3.8, 4) is 0 Å². The van der Waals surface area contributed by atoms with Gasteiger partial charge in [0.05, 0.1) is 26.4 Å². The summed E-state index contributed by atoms with van der Waals surface area (Å²) >= 11 is 0. The average molecular weight is 178 g/mol. The lowest BCUT2D eigenvalue weighted by atomic mass is 10.6. The van der Waals surface area contributed by atoms with Crippen LogP contribution in [0.5, 0.6) is 0 Å². The van der Waals surface area contributed by atoms with Gasteiger partial charge in [0.25, 0.3) is 0 Å². The van der Waals surface area contributed by atoms with Crippen LogP contribution < -0.4 is 11.6 Å². The number of carbonyl (C=O) groups excluding carboxylic acids is 1. The van der Waals surface area contributed by atoms with E-state index < -0.39 is 5.91 Å². The van der Waals surface area contributed by atoms with E-state index in [4.69, 9.17) is 21.1 Å². The first kappa shape index (κ1) is 11.3. The van der Waals surface area contributed by atoms with Crippen molar-refractivity contribution >= 4 is 5.91 Å². The Kier molecular flexibility index (Phi) is 7.92. The van der Waals surface area contributed by atoms with E-state index in [1.807, 2.05) is 0 Å². The van der Waals surface area contributed by atoms with E-state index >= 15 is 0 Å². The number of ether oxygens (including phenoxy) is 2. The number of primary amides is 1. The predicted octanol–water partition coefficient (Wildman–Crippen LogP) is -1.60. The number of hydrogen-bond donors (Lipinski definition) is 2. The van der Waals surface area contributed by atoms with Crippen LogP contribution in [0.2, 0.25) is 0 Å². The number of hydrogen-bond acceptors (Lipinski definition) is 5. The molecule has 1 amide bonds. The molecular formula is C6H14N2O4. The van der Waals surface area contributed by atoms with Crippen molar-refractivity contribution in [1.82, 2.24) is 0 Å². The zero-order valence-corrected chi connectivity index (χ0v) is 6.82. The minimum atomic E-state index is -0.486. The van der Waals surface area contributed by atoms with E-state index in [9.17, 15) is 4.79 Å². The van der Waals surface area contributed by atoms with Crippen molar-refractivity contribution in [2.24, 2.45) is 11.6 Å². The molecule has 0 aliphatic heterocycles. The van der Waals surface area contributed by atoms with Crippen molar-refractivity contribution in [1.29, 1.82) is 0 Å². The molecule has 0 spiro atoms. The molecule has 0 heterocycles. The second-order valence-corrected chi connectivity index (χ2v) is 2.00. The van der Waals surface area contributed by atoms with Gasteiger partial charge in [-0.1, -0.05) is 0 Å². The molecule has 6 nitrogen and oxygen atoms in total. The third-order valence-electron chi connectivity index (χ3n) is 0.962. The summed E-state index contributed by atoms with van der Waals surface area (Å²) in [4.78, 5) is 14.4. The first-order chi connectivity index (χ1) is 5.77. The summed E-state index contributed by atoms with van der Waals surface area (Å²) in [6.07, 6.45) is 0. The number of carbonyl (C=O) groups is 1. The van der Waals surface area contributed by atoms with Crippen LogP contribution in [0, 0.1) is 0 Å². The summed E-state index contributed by atoms with van der Waals surface area (Å²) in [5, 5.41) is 0. The Bertz CT molecular complexity index is 120. The molecule has 0 saturated carbocycles. The lowest BCUT2D eigenvalue weighted by Crippen LogP contribution is -2.20. The molecule has 0 saturated heterocycles.